The molecular formula is C20H29Cl2N3O2. The fourth-order valence-electron chi connectivity index (χ4n) is 4.49. The highest BCUT2D eigenvalue weighted by atomic mass is 35.5. The Morgan fingerprint density at radius 3 is 2.56 bits per heavy atom. The first-order valence-corrected chi connectivity index (χ1v) is 9.63. The van der Waals surface area contributed by atoms with Crippen LogP contribution in [-0.2, 0) is 16.0 Å². The maximum atomic E-state index is 12.2. The second-order valence-electron chi connectivity index (χ2n) is 7.63. The molecule has 3 aliphatic heterocycles. The molecule has 2 amide bonds. The molecular weight excluding hydrogens is 385 g/mol. The smallest absolute Gasteiger partial charge is 0.234 e. The lowest BCUT2D eigenvalue weighted by atomic mass is 9.87. The molecule has 2 N–H and O–H groups in total. The number of hydrogen-bond acceptors (Lipinski definition) is 4. The summed E-state index contributed by atoms with van der Waals surface area (Å²) in [5.41, 5.74) is 3.77. The Morgan fingerprint density at radius 1 is 1.04 bits per heavy atom. The summed E-state index contributed by atoms with van der Waals surface area (Å²) in [6.07, 6.45) is 5.86. The van der Waals surface area contributed by atoms with Gasteiger partial charge in [0, 0.05) is 25.2 Å². The predicted molar refractivity (Wildman–Crippen MR) is 112 cm³/mol. The highest BCUT2D eigenvalue weighted by molar-refractivity contribution is 6.01. The summed E-state index contributed by atoms with van der Waals surface area (Å²) in [7, 11) is 0. The number of halogens is 2. The van der Waals surface area contributed by atoms with Crippen molar-refractivity contribution in [2.45, 2.75) is 44.4 Å². The summed E-state index contributed by atoms with van der Waals surface area (Å²) in [6, 6.07) is 6.51. The molecule has 0 unspecified atom stereocenters. The lowest BCUT2D eigenvalue weighted by Gasteiger charge is -2.36. The molecule has 0 radical (unpaired) electrons. The van der Waals surface area contributed by atoms with Crippen molar-refractivity contribution in [1.82, 2.24) is 10.6 Å². The molecule has 0 bridgehead atoms. The normalized spacial score (nSPS) is 23.0. The minimum atomic E-state index is -0.178. The van der Waals surface area contributed by atoms with Gasteiger partial charge in [0.15, 0.2) is 0 Å². The van der Waals surface area contributed by atoms with E-state index in [0.717, 1.165) is 44.1 Å². The number of hydrogen-bond donors (Lipinski definition) is 2. The number of aryl methyl sites for hydroxylation is 1. The summed E-state index contributed by atoms with van der Waals surface area (Å²) in [5, 5.41) is 5.92. The van der Waals surface area contributed by atoms with Gasteiger partial charge in [-0.2, -0.15) is 0 Å². The van der Waals surface area contributed by atoms with Crippen LogP contribution in [0.4, 0.5) is 5.69 Å². The van der Waals surface area contributed by atoms with Gasteiger partial charge >= 0.3 is 0 Å². The third kappa shape index (κ3) is 4.95. The fourth-order valence-corrected chi connectivity index (χ4v) is 4.49. The largest absolute Gasteiger partial charge is 0.371 e. The van der Waals surface area contributed by atoms with Gasteiger partial charge in [-0.05, 0) is 68.3 Å². The standard InChI is InChI=1S/C20H27N3O2.2ClH/c24-19-6-4-17(20(25)22-19)15-3-5-18-16(12-15)2-1-11-23(18)13-14-7-9-21-10-8-14;;/h3,5,12,14,17,21H,1-2,4,6-11,13H2,(H,22,24,25);2*1H/t17-;;/m1../s1. The SMILES string of the molecule is Cl.Cl.O=C1CC[C@H](c2ccc3c(c2)CCCN3CC2CCNCC2)C(=O)N1. The van der Waals surface area contributed by atoms with Gasteiger partial charge in [0.2, 0.25) is 11.8 Å². The van der Waals surface area contributed by atoms with E-state index in [1.54, 1.807) is 0 Å². The molecule has 1 atom stereocenters. The van der Waals surface area contributed by atoms with Gasteiger partial charge in [-0.3, -0.25) is 14.9 Å². The Morgan fingerprint density at radius 2 is 1.81 bits per heavy atom. The van der Waals surface area contributed by atoms with Crippen LogP contribution in [0.2, 0.25) is 0 Å². The number of piperidine rings is 2. The number of carbonyl (C=O) groups excluding carboxylic acids is 2. The van der Waals surface area contributed by atoms with Crippen molar-refractivity contribution in [3.8, 4) is 0 Å². The second-order valence-corrected chi connectivity index (χ2v) is 7.63. The van der Waals surface area contributed by atoms with Gasteiger partial charge in [-0.25, -0.2) is 0 Å². The van der Waals surface area contributed by atoms with Gasteiger partial charge in [-0.15, -0.1) is 24.8 Å². The number of carbonyl (C=O) groups is 2. The number of imide groups is 1. The summed E-state index contributed by atoms with van der Waals surface area (Å²) in [6.45, 7) is 4.56. The quantitative estimate of drug-likeness (QED) is 0.747. The fraction of sp³-hybridized carbons (Fsp3) is 0.600. The molecule has 0 aliphatic carbocycles. The van der Waals surface area contributed by atoms with Crippen LogP contribution in [0.3, 0.4) is 0 Å². The van der Waals surface area contributed by atoms with Gasteiger partial charge < -0.3 is 10.2 Å². The van der Waals surface area contributed by atoms with E-state index in [2.05, 4.69) is 33.7 Å². The monoisotopic (exact) mass is 413 g/mol. The van der Waals surface area contributed by atoms with Crippen molar-refractivity contribution < 1.29 is 9.59 Å². The van der Waals surface area contributed by atoms with E-state index in [1.807, 2.05) is 0 Å². The van der Waals surface area contributed by atoms with Gasteiger partial charge in [0.1, 0.15) is 0 Å². The summed E-state index contributed by atoms with van der Waals surface area (Å²) >= 11 is 0. The Kier molecular flexibility index (Phi) is 7.95. The average molecular weight is 414 g/mol. The van der Waals surface area contributed by atoms with Crippen LogP contribution in [0, 0.1) is 5.92 Å². The molecule has 27 heavy (non-hydrogen) atoms. The molecule has 7 heteroatoms. The van der Waals surface area contributed by atoms with Crippen LogP contribution in [0.5, 0.6) is 0 Å². The topological polar surface area (TPSA) is 61.4 Å². The Hall–Kier alpha value is -1.30. The van der Waals surface area contributed by atoms with Crippen molar-refractivity contribution in [3.63, 3.8) is 0 Å². The van der Waals surface area contributed by atoms with Crippen LogP contribution < -0.4 is 15.5 Å². The first kappa shape index (κ1) is 22.0. The van der Waals surface area contributed by atoms with Crippen LogP contribution >= 0.6 is 24.8 Å². The van der Waals surface area contributed by atoms with E-state index < -0.39 is 0 Å². The Labute approximate surface area is 173 Å². The van der Waals surface area contributed by atoms with Crippen LogP contribution in [-0.4, -0.2) is 38.0 Å². The number of amides is 2. The van der Waals surface area contributed by atoms with Gasteiger partial charge in [0.05, 0.1) is 5.92 Å². The first-order valence-electron chi connectivity index (χ1n) is 9.63. The zero-order valence-corrected chi connectivity index (χ0v) is 17.2. The lowest BCUT2D eigenvalue weighted by molar-refractivity contribution is -0.134. The highest BCUT2D eigenvalue weighted by Gasteiger charge is 2.29. The van der Waals surface area contributed by atoms with E-state index >= 15 is 0 Å². The molecule has 150 valence electrons. The minimum Gasteiger partial charge on any atom is -0.371 e. The summed E-state index contributed by atoms with van der Waals surface area (Å²) in [4.78, 5) is 26.1. The number of benzene rings is 1. The van der Waals surface area contributed by atoms with E-state index in [1.165, 1.54) is 30.5 Å². The van der Waals surface area contributed by atoms with Gasteiger partial charge in [-0.1, -0.05) is 12.1 Å². The van der Waals surface area contributed by atoms with Crippen molar-refractivity contribution in [2.24, 2.45) is 5.92 Å². The first-order chi connectivity index (χ1) is 12.2. The number of fused-ring (bicyclic) bond motifs is 1. The Bertz CT molecular complexity index is 677. The third-order valence-corrected chi connectivity index (χ3v) is 5.90. The summed E-state index contributed by atoms with van der Waals surface area (Å²) in [5.74, 6) is 0.315. The number of nitrogens with one attached hydrogen (secondary N) is 2. The van der Waals surface area contributed by atoms with Crippen molar-refractivity contribution >= 4 is 42.3 Å². The average Bonchev–Trinajstić information content (AvgIpc) is 2.62. The van der Waals surface area contributed by atoms with E-state index in [0.29, 0.717) is 12.8 Å². The second kappa shape index (κ2) is 9.76. The van der Waals surface area contributed by atoms with E-state index in [9.17, 15) is 9.59 Å². The minimum absolute atomic E-state index is 0. The molecule has 3 heterocycles. The predicted octanol–water partition coefficient (Wildman–Crippen LogP) is 2.80. The Balaban J connectivity index is 0.00000131. The molecule has 1 aromatic carbocycles. The van der Waals surface area contributed by atoms with Crippen LogP contribution in [0.15, 0.2) is 18.2 Å². The zero-order valence-electron chi connectivity index (χ0n) is 15.5. The van der Waals surface area contributed by atoms with Crippen molar-refractivity contribution in [3.05, 3.63) is 29.3 Å². The summed E-state index contributed by atoms with van der Waals surface area (Å²) < 4.78 is 0. The molecule has 2 fully saturated rings. The number of nitrogens with zero attached hydrogens (tertiary/aromatic N) is 1. The molecule has 3 aliphatic rings. The zero-order chi connectivity index (χ0) is 17.2. The van der Waals surface area contributed by atoms with Crippen LogP contribution in [0.1, 0.15) is 49.1 Å². The molecule has 1 aromatic rings. The van der Waals surface area contributed by atoms with Crippen molar-refractivity contribution in [2.75, 3.05) is 31.1 Å². The molecule has 2 saturated heterocycles. The highest BCUT2D eigenvalue weighted by Crippen LogP contribution is 2.33. The maximum Gasteiger partial charge on any atom is 0.234 e. The molecule has 4 rings (SSSR count). The maximum absolute atomic E-state index is 12.2. The van der Waals surface area contributed by atoms with Gasteiger partial charge in [0.25, 0.3) is 0 Å². The van der Waals surface area contributed by atoms with Crippen LogP contribution in [0.25, 0.3) is 0 Å². The van der Waals surface area contributed by atoms with E-state index in [-0.39, 0.29) is 42.5 Å². The molecule has 0 saturated carbocycles. The number of rotatable bonds is 3. The molecule has 0 aromatic heterocycles. The molecule has 0 spiro atoms. The number of anilines is 1. The third-order valence-electron chi connectivity index (χ3n) is 5.90. The lowest BCUT2D eigenvalue weighted by Crippen LogP contribution is -2.40. The van der Waals surface area contributed by atoms with E-state index in [4.69, 9.17) is 0 Å². The molecule has 5 nitrogen and oxygen atoms in total. The van der Waals surface area contributed by atoms with Crippen molar-refractivity contribution in [1.29, 1.82) is 0 Å².